The molecule has 0 spiro atoms. The van der Waals surface area contributed by atoms with Crippen molar-refractivity contribution in [3.63, 3.8) is 0 Å². The Labute approximate surface area is 210 Å². The van der Waals surface area contributed by atoms with Crippen LogP contribution in [-0.2, 0) is 9.59 Å². The maximum absolute atomic E-state index is 13.4. The third-order valence-electron chi connectivity index (χ3n) is 6.27. The number of nitrogens with one attached hydrogen (secondary N) is 1. The topological polar surface area (TPSA) is 80.2 Å². The number of rotatable bonds is 7. The van der Waals surface area contributed by atoms with Gasteiger partial charge in [0.05, 0.1) is 25.7 Å². The molecule has 1 aliphatic heterocycles. The molecule has 2 aromatic rings. The van der Waals surface area contributed by atoms with E-state index in [0.717, 1.165) is 42.9 Å². The minimum Gasteiger partial charge on any atom is -0.497 e. The van der Waals surface area contributed by atoms with Crippen LogP contribution >= 0.6 is 11.8 Å². The molecule has 0 atom stereocenters. The number of ether oxygens (including phenoxy) is 2. The second-order valence-corrected chi connectivity index (χ2v) is 9.79. The van der Waals surface area contributed by atoms with Crippen LogP contribution < -0.4 is 19.7 Å². The minimum atomic E-state index is -0.252. The van der Waals surface area contributed by atoms with Crippen LogP contribution in [0.4, 0.5) is 5.69 Å². The van der Waals surface area contributed by atoms with Gasteiger partial charge in [-0.25, -0.2) is 4.99 Å². The monoisotopic (exact) mass is 493 g/mol. The molecule has 1 saturated carbocycles. The lowest BCUT2D eigenvalue weighted by Gasteiger charge is -2.27. The summed E-state index contributed by atoms with van der Waals surface area (Å²) in [4.78, 5) is 32.2. The molecule has 2 aliphatic rings. The predicted molar refractivity (Wildman–Crippen MR) is 141 cm³/mol. The Kier molecular flexibility index (Phi) is 8.13. The van der Waals surface area contributed by atoms with Gasteiger partial charge >= 0.3 is 0 Å². The van der Waals surface area contributed by atoms with Crippen LogP contribution in [0, 0.1) is 5.92 Å². The molecule has 35 heavy (non-hydrogen) atoms. The molecule has 1 aliphatic carbocycles. The number of carbonyl (C=O) groups is 2. The van der Waals surface area contributed by atoms with E-state index in [1.54, 1.807) is 26.4 Å². The van der Waals surface area contributed by atoms with Crippen LogP contribution in [-0.4, -0.2) is 43.0 Å². The number of hydrogen-bond acceptors (Lipinski definition) is 6. The van der Waals surface area contributed by atoms with Crippen LogP contribution in [0.5, 0.6) is 11.5 Å². The van der Waals surface area contributed by atoms with E-state index in [1.807, 2.05) is 42.5 Å². The quantitative estimate of drug-likeness (QED) is 0.557. The van der Waals surface area contributed by atoms with Crippen molar-refractivity contribution in [3.8, 4) is 11.5 Å². The van der Waals surface area contributed by atoms with Gasteiger partial charge in [-0.05, 0) is 67.5 Å². The normalized spacial score (nSPS) is 21.1. The molecule has 4 rings (SSSR count). The van der Waals surface area contributed by atoms with E-state index < -0.39 is 0 Å². The van der Waals surface area contributed by atoms with Crippen molar-refractivity contribution in [2.24, 2.45) is 10.9 Å². The molecule has 0 saturated heterocycles. The fourth-order valence-electron chi connectivity index (χ4n) is 4.23. The molecular weight excluding hydrogens is 462 g/mol. The Bertz CT molecular complexity index is 1120. The number of amides is 2. The third-order valence-corrected chi connectivity index (χ3v) is 7.21. The Balaban J connectivity index is 1.53. The van der Waals surface area contributed by atoms with Gasteiger partial charge in [0.1, 0.15) is 17.2 Å². The van der Waals surface area contributed by atoms with Gasteiger partial charge in [-0.15, -0.1) is 0 Å². The summed E-state index contributed by atoms with van der Waals surface area (Å²) in [5, 5.41) is 3.61. The molecule has 0 unspecified atom stereocenters. The smallest absolute Gasteiger partial charge is 0.283 e. The van der Waals surface area contributed by atoms with E-state index in [9.17, 15) is 9.59 Å². The Hall–Kier alpha value is -3.26. The summed E-state index contributed by atoms with van der Waals surface area (Å²) in [6.45, 7) is 2.26. The van der Waals surface area contributed by atoms with Gasteiger partial charge in [0.25, 0.3) is 5.91 Å². The van der Waals surface area contributed by atoms with Crippen molar-refractivity contribution in [1.82, 2.24) is 5.32 Å². The number of benzene rings is 2. The molecule has 2 aromatic carbocycles. The van der Waals surface area contributed by atoms with E-state index in [-0.39, 0.29) is 23.6 Å². The minimum absolute atomic E-state index is 0.0390. The zero-order valence-corrected chi connectivity index (χ0v) is 21.1. The molecule has 1 heterocycles. The second kappa shape index (κ2) is 11.4. The molecule has 8 heteroatoms. The van der Waals surface area contributed by atoms with Gasteiger partial charge in [-0.2, -0.15) is 0 Å². The standard InChI is InChI=1S/C27H31N3O4S/c1-18-7-11-20(12-8-18)28-25(31)17-35-27-29-24(15-19-9-13-22(33-2)14-10-19)26(32)30(27)21-5-4-6-23(16-21)34-3/h4-6,9-10,13-16,18,20H,7-8,11-12,17H2,1-3H3,(H,28,31)/b24-15-. The van der Waals surface area contributed by atoms with Crippen LogP contribution in [0.3, 0.4) is 0 Å². The highest BCUT2D eigenvalue weighted by Crippen LogP contribution is 2.31. The van der Waals surface area contributed by atoms with Crippen LogP contribution in [0.1, 0.15) is 38.2 Å². The van der Waals surface area contributed by atoms with Crippen molar-refractivity contribution in [2.45, 2.75) is 38.6 Å². The summed E-state index contributed by atoms with van der Waals surface area (Å²) in [5.74, 6) is 2.00. The number of methoxy groups -OCH3 is 2. The largest absolute Gasteiger partial charge is 0.497 e. The van der Waals surface area contributed by atoms with Gasteiger partial charge in [0.15, 0.2) is 5.17 Å². The number of thioether (sulfide) groups is 1. The first-order valence-corrected chi connectivity index (χ1v) is 12.8. The lowest BCUT2D eigenvalue weighted by atomic mass is 9.87. The SMILES string of the molecule is COc1ccc(/C=C2\N=C(SCC(=O)NC3CCC(C)CC3)N(c3cccc(OC)c3)C2=O)cc1. The summed E-state index contributed by atoms with van der Waals surface area (Å²) < 4.78 is 10.6. The highest BCUT2D eigenvalue weighted by Gasteiger charge is 2.33. The zero-order valence-electron chi connectivity index (χ0n) is 20.3. The highest BCUT2D eigenvalue weighted by molar-refractivity contribution is 8.14. The average molecular weight is 494 g/mol. The first-order chi connectivity index (χ1) is 17.0. The molecule has 0 bridgehead atoms. The summed E-state index contributed by atoms with van der Waals surface area (Å²) in [5.41, 5.74) is 1.78. The van der Waals surface area contributed by atoms with Crippen LogP contribution in [0.2, 0.25) is 0 Å². The van der Waals surface area contributed by atoms with Crippen molar-refractivity contribution in [1.29, 1.82) is 0 Å². The van der Waals surface area contributed by atoms with Gasteiger partial charge in [-0.3, -0.25) is 14.5 Å². The fourth-order valence-corrected chi connectivity index (χ4v) is 5.06. The maximum Gasteiger partial charge on any atom is 0.283 e. The molecule has 0 aromatic heterocycles. The lowest BCUT2D eigenvalue weighted by Crippen LogP contribution is -2.39. The summed E-state index contributed by atoms with van der Waals surface area (Å²) >= 11 is 1.26. The van der Waals surface area contributed by atoms with Gasteiger partial charge < -0.3 is 14.8 Å². The maximum atomic E-state index is 13.4. The molecule has 1 N–H and O–H groups in total. The lowest BCUT2D eigenvalue weighted by molar-refractivity contribution is -0.119. The third kappa shape index (κ3) is 6.25. The zero-order chi connectivity index (χ0) is 24.8. The summed E-state index contributed by atoms with van der Waals surface area (Å²) in [6.07, 6.45) is 6.06. The molecule has 184 valence electrons. The average Bonchev–Trinajstić information content (AvgIpc) is 3.19. The summed E-state index contributed by atoms with van der Waals surface area (Å²) in [7, 11) is 3.19. The number of carbonyl (C=O) groups excluding carboxylic acids is 2. The highest BCUT2D eigenvalue weighted by atomic mass is 32.2. The van der Waals surface area contributed by atoms with Gasteiger partial charge in [0.2, 0.25) is 5.91 Å². The molecule has 1 fully saturated rings. The fraction of sp³-hybridized carbons (Fsp3) is 0.370. The van der Waals surface area contributed by atoms with Gasteiger partial charge in [-0.1, -0.05) is 36.9 Å². The van der Waals surface area contributed by atoms with E-state index >= 15 is 0 Å². The Morgan fingerprint density at radius 3 is 2.49 bits per heavy atom. The van der Waals surface area contributed by atoms with Crippen LogP contribution in [0.15, 0.2) is 59.2 Å². The van der Waals surface area contributed by atoms with Crippen LogP contribution in [0.25, 0.3) is 6.08 Å². The number of nitrogens with zero attached hydrogens (tertiary/aromatic N) is 2. The first-order valence-electron chi connectivity index (χ1n) is 11.8. The molecule has 0 radical (unpaired) electrons. The summed E-state index contributed by atoms with van der Waals surface area (Å²) in [6, 6.07) is 14.9. The predicted octanol–water partition coefficient (Wildman–Crippen LogP) is 4.88. The van der Waals surface area contributed by atoms with Gasteiger partial charge in [0, 0.05) is 12.1 Å². The van der Waals surface area contributed by atoms with Crippen molar-refractivity contribution in [3.05, 3.63) is 59.8 Å². The van der Waals surface area contributed by atoms with E-state index in [1.165, 1.54) is 16.7 Å². The van der Waals surface area contributed by atoms with E-state index in [0.29, 0.717) is 22.3 Å². The van der Waals surface area contributed by atoms with Crippen molar-refractivity contribution >= 4 is 40.5 Å². The van der Waals surface area contributed by atoms with Crippen molar-refractivity contribution in [2.75, 3.05) is 24.9 Å². The molecule has 2 amide bonds. The number of hydrogen-bond donors (Lipinski definition) is 1. The van der Waals surface area contributed by atoms with E-state index in [4.69, 9.17) is 9.47 Å². The van der Waals surface area contributed by atoms with Crippen molar-refractivity contribution < 1.29 is 19.1 Å². The number of aliphatic imine (C=N–C) groups is 1. The molecule has 7 nitrogen and oxygen atoms in total. The first kappa shape index (κ1) is 24.9. The Morgan fingerprint density at radius 2 is 1.80 bits per heavy atom. The molecular formula is C27H31N3O4S. The second-order valence-electron chi connectivity index (χ2n) is 8.85. The van der Waals surface area contributed by atoms with E-state index in [2.05, 4.69) is 17.2 Å². The number of anilines is 1. The Morgan fingerprint density at radius 1 is 1.09 bits per heavy atom. The number of amidine groups is 1.